The molecule has 0 spiro atoms. The van der Waals surface area contributed by atoms with Gasteiger partial charge >= 0.3 is 0 Å². The number of carbonyl (C=O) groups excluding carboxylic acids is 2. The first kappa shape index (κ1) is 23.9. The number of nitrogens with zero attached hydrogens (tertiary/aromatic N) is 1. The van der Waals surface area contributed by atoms with E-state index < -0.39 is 0 Å². The van der Waals surface area contributed by atoms with Gasteiger partial charge < -0.3 is 15.5 Å². The van der Waals surface area contributed by atoms with Crippen molar-refractivity contribution in [3.63, 3.8) is 0 Å². The summed E-state index contributed by atoms with van der Waals surface area (Å²) < 4.78 is 0. The second-order valence-corrected chi connectivity index (χ2v) is 7.08. The van der Waals surface area contributed by atoms with E-state index in [1.807, 2.05) is 39.6 Å². The normalized spacial score (nSPS) is 14.6. The molecule has 0 unspecified atom stereocenters. The predicted molar refractivity (Wildman–Crippen MR) is 108 cm³/mol. The van der Waals surface area contributed by atoms with Crippen LogP contribution in [-0.4, -0.2) is 49.9 Å². The molecule has 1 heterocycles. The molecule has 1 aliphatic heterocycles. The molecule has 0 radical (unpaired) electrons. The highest BCUT2D eigenvalue weighted by atomic mass is 16.2. The van der Waals surface area contributed by atoms with Gasteiger partial charge in [-0.05, 0) is 44.7 Å². The molecule has 2 N–H and O–H groups in total. The average molecular weight is 358 g/mol. The molecule has 150 valence electrons. The van der Waals surface area contributed by atoms with Crippen molar-refractivity contribution in [2.45, 2.75) is 72.6 Å². The molecule has 0 aromatic heterocycles. The molecular formula is C20H43N3O2. The quantitative estimate of drug-likeness (QED) is 0.589. The summed E-state index contributed by atoms with van der Waals surface area (Å²) in [6.07, 6.45) is 7.07. The molecule has 0 aromatic carbocycles. The maximum Gasteiger partial charge on any atom is 0.224 e. The average Bonchev–Trinajstić information content (AvgIpc) is 2.64. The van der Waals surface area contributed by atoms with Crippen LogP contribution in [-0.2, 0) is 9.59 Å². The van der Waals surface area contributed by atoms with Crippen molar-refractivity contribution in [1.29, 1.82) is 0 Å². The van der Waals surface area contributed by atoms with Crippen LogP contribution in [0.1, 0.15) is 74.1 Å². The molecule has 0 bridgehead atoms. The number of nitrogens with one attached hydrogen (secondary N) is 2. The van der Waals surface area contributed by atoms with Crippen molar-refractivity contribution < 1.29 is 11.0 Å². The van der Waals surface area contributed by atoms with Crippen molar-refractivity contribution in [3.8, 4) is 0 Å². The number of piperidine rings is 1. The van der Waals surface area contributed by atoms with Crippen molar-refractivity contribution in [3.05, 3.63) is 0 Å². The minimum absolute atomic E-state index is 0. The molecule has 0 atom stereocenters. The third-order valence-electron chi connectivity index (χ3n) is 4.56. The van der Waals surface area contributed by atoms with Gasteiger partial charge in [-0.2, -0.15) is 0 Å². The van der Waals surface area contributed by atoms with Crippen LogP contribution < -0.4 is 10.6 Å². The summed E-state index contributed by atoms with van der Waals surface area (Å²) in [5, 5.41) is 6.41. The monoisotopic (exact) mass is 357 g/mol. The molecule has 5 nitrogen and oxygen atoms in total. The lowest BCUT2D eigenvalue weighted by atomic mass is 9.98. The van der Waals surface area contributed by atoms with Gasteiger partial charge in [0.25, 0.3) is 0 Å². The first-order valence-electron chi connectivity index (χ1n) is 10.2. The fourth-order valence-electron chi connectivity index (χ4n) is 2.97. The van der Waals surface area contributed by atoms with Crippen LogP contribution in [0.4, 0.5) is 0 Å². The van der Waals surface area contributed by atoms with E-state index in [1.165, 1.54) is 12.8 Å². The summed E-state index contributed by atoms with van der Waals surface area (Å²) in [6, 6.07) is 0. The number of hydrogen-bond acceptors (Lipinski definition) is 3. The lowest BCUT2D eigenvalue weighted by molar-refractivity contribution is -0.133. The zero-order valence-corrected chi connectivity index (χ0v) is 17.2. The van der Waals surface area contributed by atoms with Crippen molar-refractivity contribution in [1.82, 2.24) is 15.5 Å². The summed E-state index contributed by atoms with van der Waals surface area (Å²) in [5.74, 6) is 1.12. The van der Waals surface area contributed by atoms with Gasteiger partial charge in [-0.25, -0.2) is 0 Å². The highest BCUT2D eigenvalue weighted by molar-refractivity contribution is 5.77. The number of amides is 2. The van der Waals surface area contributed by atoms with E-state index in [4.69, 9.17) is 0 Å². The van der Waals surface area contributed by atoms with Crippen LogP contribution in [0.25, 0.3) is 0 Å². The van der Waals surface area contributed by atoms with Crippen molar-refractivity contribution in [2.75, 3.05) is 33.2 Å². The third-order valence-corrected chi connectivity index (χ3v) is 4.56. The summed E-state index contributed by atoms with van der Waals surface area (Å²) >= 11 is 0. The van der Waals surface area contributed by atoms with Gasteiger partial charge in [0, 0.05) is 33.9 Å². The molecule has 1 rings (SSSR count). The second kappa shape index (κ2) is 15.2. The third kappa shape index (κ3) is 12.0. The Bertz CT molecular complexity index is 359. The Labute approximate surface area is 156 Å². The fourth-order valence-corrected chi connectivity index (χ4v) is 2.97. The SMILES string of the molecule is CC.CC(C)C(=O)N(C)CCCCCCC(=O)NCC1CCNCC1.[HH]. The smallest absolute Gasteiger partial charge is 0.224 e. The second-order valence-electron chi connectivity index (χ2n) is 7.08. The molecule has 1 saturated heterocycles. The maximum atomic E-state index is 11.8. The van der Waals surface area contributed by atoms with Crippen LogP contribution in [0.5, 0.6) is 0 Å². The Morgan fingerprint density at radius 1 is 1.12 bits per heavy atom. The molecule has 1 aliphatic rings. The Morgan fingerprint density at radius 2 is 1.72 bits per heavy atom. The first-order chi connectivity index (χ1) is 12.0. The highest BCUT2D eigenvalue weighted by Gasteiger charge is 2.14. The van der Waals surface area contributed by atoms with Crippen LogP contribution >= 0.6 is 0 Å². The number of carbonyl (C=O) groups is 2. The summed E-state index contributed by atoms with van der Waals surface area (Å²) in [5.41, 5.74) is 0. The molecule has 0 saturated carbocycles. The van der Waals surface area contributed by atoms with Crippen molar-refractivity contribution in [2.24, 2.45) is 11.8 Å². The van der Waals surface area contributed by atoms with Gasteiger partial charge in [-0.15, -0.1) is 0 Å². The molecule has 0 aromatic rings. The van der Waals surface area contributed by atoms with Gasteiger partial charge in [0.2, 0.25) is 11.8 Å². The lowest BCUT2D eigenvalue weighted by Crippen LogP contribution is -2.35. The number of hydrogen-bond donors (Lipinski definition) is 2. The predicted octanol–water partition coefficient (Wildman–Crippen LogP) is 3.44. The Morgan fingerprint density at radius 3 is 2.32 bits per heavy atom. The van der Waals surface area contributed by atoms with Gasteiger partial charge in [-0.3, -0.25) is 9.59 Å². The summed E-state index contributed by atoms with van der Waals surface area (Å²) in [4.78, 5) is 25.4. The van der Waals surface area contributed by atoms with Crippen LogP contribution in [0.15, 0.2) is 0 Å². The standard InChI is InChI=1S/C18H35N3O2.C2H6.H2/c1-15(2)18(23)21(3)13-7-5-4-6-8-17(22)20-14-16-9-11-19-12-10-16;1-2;/h15-16,19H,4-14H2,1-3H3,(H,20,22);1-2H3;1H. The van der Waals surface area contributed by atoms with Gasteiger partial charge in [0.1, 0.15) is 0 Å². The molecule has 0 aliphatic carbocycles. The largest absolute Gasteiger partial charge is 0.356 e. The summed E-state index contributed by atoms with van der Waals surface area (Å²) in [7, 11) is 1.87. The topological polar surface area (TPSA) is 61.4 Å². The van der Waals surface area contributed by atoms with Crippen LogP contribution in [0.2, 0.25) is 0 Å². The minimum atomic E-state index is 0. The first-order valence-corrected chi connectivity index (χ1v) is 10.2. The Hall–Kier alpha value is -1.10. The molecule has 25 heavy (non-hydrogen) atoms. The molecule has 2 amide bonds. The van der Waals surface area contributed by atoms with Crippen LogP contribution in [0.3, 0.4) is 0 Å². The van der Waals surface area contributed by atoms with E-state index in [-0.39, 0.29) is 19.2 Å². The van der Waals surface area contributed by atoms with E-state index in [0.29, 0.717) is 12.3 Å². The fraction of sp³-hybridized carbons (Fsp3) is 0.900. The number of unbranched alkanes of at least 4 members (excludes halogenated alkanes) is 3. The highest BCUT2D eigenvalue weighted by Crippen LogP contribution is 2.10. The van der Waals surface area contributed by atoms with E-state index in [2.05, 4.69) is 10.6 Å². The maximum absolute atomic E-state index is 11.8. The van der Waals surface area contributed by atoms with E-state index >= 15 is 0 Å². The van der Waals surface area contributed by atoms with E-state index in [9.17, 15) is 9.59 Å². The number of rotatable bonds is 10. The lowest BCUT2D eigenvalue weighted by Gasteiger charge is -2.22. The molecule has 1 fully saturated rings. The van der Waals surface area contributed by atoms with Gasteiger partial charge in [0.05, 0.1) is 0 Å². The van der Waals surface area contributed by atoms with E-state index in [0.717, 1.165) is 51.9 Å². The van der Waals surface area contributed by atoms with Crippen LogP contribution in [0, 0.1) is 11.8 Å². The zero-order chi connectivity index (χ0) is 19.1. The minimum Gasteiger partial charge on any atom is -0.356 e. The van der Waals surface area contributed by atoms with Gasteiger partial charge in [-0.1, -0.05) is 40.5 Å². The Kier molecular flexibility index (Phi) is 14.5. The van der Waals surface area contributed by atoms with Gasteiger partial charge in [0.15, 0.2) is 0 Å². The Balaban J connectivity index is 0. The molecular weight excluding hydrogens is 314 g/mol. The van der Waals surface area contributed by atoms with Crippen molar-refractivity contribution >= 4 is 11.8 Å². The van der Waals surface area contributed by atoms with E-state index in [1.54, 1.807) is 0 Å². The zero-order valence-electron chi connectivity index (χ0n) is 17.2. The molecule has 5 heteroatoms. The summed E-state index contributed by atoms with van der Waals surface area (Å²) in [6.45, 7) is 11.7.